The molecular weight excluding hydrogens is 420 g/mol. The molecule has 2 aliphatic heterocycles. The zero-order valence-electron chi connectivity index (χ0n) is 17.5. The molecule has 1 saturated heterocycles. The fourth-order valence-corrected chi connectivity index (χ4v) is 4.60. The molecule has 3 heterocycles. The van der Waals surface area contributed by atoms with Gasteiger partial charge in [0.25, 0.3) is 10.0 Å². The molecule has 0 bridgehead atoms. The molecule has 0 aliphatic carbocycles. The SMILES string of the molecule is CC(C)(COc1cccc2c1C(N)=NS(=O)(=O)C2)Nc1ccnc(N2CCOCC2)n1. The number of sulfonamides is 1. The standard InChI is InChI=1S/C20H26N6O4S/c1-20(2,24-16-6-7-22-19(23-16)26-8-10-29-11-9-26)13-30-15-5-3-4-14-12-31(27,28)25-18(21)17(14)15/h3-7H,8-13H2,1-2H3,(H2,21,25)(H,22,23,24). The molecule has 1 aromatic heterocycles. The van der Waals surface area contributed by atoms with Crippen molar-refractivity contribution in [3.05, 3.63) is 41.6 Å². The second-order valence-corrected chi connectivity index (χ2v) is 9.77. The zero-order chi connectivity index (χ0) is 22.1. The predicted octanol–water partition coefficient (Wildman–Crippen LogP) is 1.13. The third-order valence-electron chi connectivity index (χ3n) is 4.94. The van der Waals surface area contributed by atoms with Crippen molar-refractivity contribution >= 4 is 27.6 Å². The van der Waals surface area contributed by atoms with E-state index in [0.717, 1.165) is 13.1 Å². The van der Waals surface area contributed by atoms with Crippen molar-refractivity contribution < 1.29 is 17.9 Å². The third-order valence-corrected chi connectivity index (χ3v) is 6.09. The van der Waals surface area contributed by atoms with Crippen molar-refractivity contribution in [3.8, 4) is 5.75 Å². The number of aromatic nitrogens is 2. The van der Waals surface area contributed by atoms with Gasteiger partial charge in [-0.15, -0.1) is 4.40 Å². The van der Waals surface area contributed by atoms with Crippen LogP contribution in [0.2, 0.25) is 0 Å². The minimum atomic E-state index is -3.59. The van der Waals surface area contributed by atoms with Gasteiger partial charge in [0.2, 0.25) is 5.95 Å². The van der Waals surface area contributed by atoms with Gasteiger partial charge in [-0.05, 0) is 31.5 Å². The molecule has 10 nitrogen and oxygen atoms in total. The Morgan fingerprint density at radius 3 is 2.81 bits per heavy atom. The first-order chi connectivity index (χ1) is 14.7. The van der Waals surface area contributed by atoms with Crippen molar-refractivity contribution in [3.63, 3.8) is 0 Å². The molecular formula is C20H26N6O4S. The van der Waals surface area contributed by atoms with Gasteiger partial charge in [0.15, 0.2) is 0 Å². The zero-order valence-corrected chi connectivity index (χ0v) is 18.4. The molecule has 31 heavy (non-hydrogen) atoms. The van der Waals surface area contributed by atoms with Gasteiger partial charge in [-0.2, -0.15) is 4.98 Å². The van der Waals surface area contributed by atoms with Crippen LogP contribution in [0.5, 0.6) is 5.75 Å². The number of benzene rings is 1. The van der Waals surface area contributed by atoms with E-state index >= 15 is 0 Å². The van der Waals surface area contributed by atoms with Crippen LogP contribution in [0.3, 0.4) is 0 Å². The van der Waals surface area contributed by atoms with Gasteiger partial charge in [0, 0.05) is 19.3 Å². The van der Waals surface area contributed by atoms with Crippen LogP contribution in [-0.2, 0) is 20.5 Å². The summed E-state index contributed by atoms with van der Waals surface area (Å²) in [5.41, 5.74) is 6.55. The van der Waals surface area contributed by atoms with Gasteiger partial charge in [-0.3, -0.25) is 0 Å². The summed E-state index contributed by atoms with van der Waals surface area (Å²) in [6, 6.07) is 7.04. The lowest BCUT2D eigenvalue weighted by molar-refractivity contribution is 0.122. The van der Waals surface area contributed by atoms with E-state index in [0.29, 0.717) is 48.5 Å². The van der Waals surface area contributed by atoms with E-state index < -0.39 is 15.6 Å². The number of amidine groups is 1. The van der Waals surface area contributed by atoms with Crippen molar-refractivity contribution in [2.24, 2.45) is 10.1 Å². The van der Waals surface area contributed by atoms with E-state index in [4.69, 9.17) is 15.2 Å². The molecule has 166 valence electrons. The largest absolute Gasteiger partial charge is 0.490 e. The highest BCUT2D eigenvalue weighted by molar-refractivity contribution is 7.89. The summed E-state index contributed by atoms with van der Waals surface area (Å²) in [5, 5.41) is 3.38. The van der Waals surface area contributed by atoms with Crippen molar-refractivity contribution in [2.75, 3.05) is 43.1 Å². The lowest BCUT2D eigenvalue weighted by Gasteiger charge is -2.29. The summed E-state index contributed by atoms with van der Waals surface area (Å²) in [5.74, 6) is 1.61. The lowest BCUT2D eigenvalue weighted by Crippen LogP contribution is -2.39. The average molecular weight is 447 g/mol. The molecule has 1 fully saturated rings. The molecule has 0 unspecified atom stereocenters. The molecule has 0 saturated carbocycles. The number of nitrogens with two attached hydrogens (primary N) is 1. The summed E-state index contributed by atoms with van der Waals surface area (Å²) in [6.45, 7) is 7.11. The van der Waals surface area contributed by atoms with Crippen LogP contribution in [0.1, 0.15) is 25.0 Å². The molecule has 0 atom stereocenters. The molecule has 4 rings (SSSR count). The first-order valence-corrected chi connectivity index (χ1v) is 11.6. The van der Waals surface area contributed by atoms with Crippen molar-refractivity contribution in [1.29, 1.82) is 0 Å². The number of nitrogens with one attached hydrogen (secondary N) is 1. The Balaban J connectivity index is 1.46. The second-order valence-electron chi connectivity index (χ2n) is 8.13. The second kappa shape index (κ2) is 8.31. The average Bonchev–Trinajstić information content (AvgIpc) is 2.71. The van der Waals surface area contributed by atoms with Gasteiger partial charge in [-0.1, -0.05) is 12.1 Å². The first-order valence-electron chi connectivity index (χ1n) is 10.00. The molecule has 0 amide bonds. The number of rotatable bonds is 6. The van der Waals surface area contributed by atoms with Crippen molar-refractivity contribution in [2.45, 2.75) is 25.1 Å². The Kier molecular flexibility index (Phi) is 5.71. The molecule has 1 aromatic carbocycles. The number of morpholine rings is 1. The molecule has 0 spiro atoms. The van der Waals surface area contributed by atoms with Crippen LogP contribution in [0.25, 0.3) is 0 Å². The Hall–Kier alpha value is -2.92. The van der Waals surface area contributed by atoms with Crippen LogP contribution in [0.4, 0.5) is 11.8 Å². The first kappa shape index (κ1) is 21.3. The molecule has 2 aliphatic rings. The van der Waals surface area contributed by atoms with Gasteiger partial charge < -0.3 is 25.4 Å². The Labute approximate surface area is 181 Å². The molecule has 2 aromatic rings. The predicted molar refractivity (Wildman–Crippen MR) is 118 cm³/mol. The van der Waals surface area contributed by atoms with Crippen molar-refractivity contribution in [1.82, 2.24) is 9.97 Å². The number of ether oxygens (including phenoxy) is 2. The van der Waals surface area contributed by atoms with Crippen LogP contribution in [0.15, 0.2) is 34.9 Å². The highest BCUT2D eigenvalue weighted by Gasteiger charge is 2.27. The minimum Gasteiger partial charge on any atom is -0.490 e. The van der Waals surface area contributed by atoms with E-state index in [1.807, 2.05) is 19.9 Å². The van der Waals surface area contributed by atoms with E-state index in [1.165, 1.54) is 0 Å². The maximum atomic E-state index is 11.9. The smallest absolute Gasteiger partial charge is 0.259 e. The number of fused-ring (bicyclic) bond motifs is 1. The summed E-state index contributed by atoms with van der Waals surface area (Å²) in [7, 11) is -3.59. The Morgan fingerprint density at radius 2 is 2.03 bits per heavy atom. The van der Waals surface area contributed by atoms with E-state index in [1.54, 1.807) is 24.4 Å². The minimum absolute atomic E-state index is 0.0476. The summed E-state index contributed by atoms with van der Waals surface area (Å²) < 4.78 is 38.8. The maximum absolute atomic E-state index is 11.9. The van der Waals surface area contributed by atoms with Gasteiger partial charge in [0.05, 0.1) is 30.1 Å². The highest BCUT2D eigenvalue weighted by Crippen LogP contribution is 2.29. The normalized spacial score (nSPS) is 18.1. The quantitative estimate of drug-likeness (QED) is 0.670. The number of hydrogen-bond acceptors (Lipinski definition) is 9. The topological polar surface area (TPSA) is 132 Å². The van der Waals surface area contributed by atoms with E-state index in [2.05, 4.69) is 24.6 Å². The lowest BCUT2D eigenvalue weighted by atomic mass is 10.1. The molecule has 3 N–H and O–H groups in total. The van der Waals surface area contributed by atoms with Crippen LogP contribution < -0.4 is 20.7 Å². The van der Waals surface area contributed by atoms with Crippen LogP contribution in [0, 0.1) is 0 Å². The third kappa shape index (κ3) is 5.05. The monoisotopic (exact) mass is 446 g/mol. The van der Waals surface area contributed by atoms with Gasteiger partial charge in [-0.25, -0.2) is 13.4 Å². The fourth-order valence-electron chi connectivity index (χ4n) is 3.51. The molecule has 0 radical (unpaired) electrons. The fraction of sp³-hybridized carbons (Fsp3) is 0.450. The Bertz CT molecular complexity index is 1100. The summed E-state index contributed by atoms with van der Waals surface area (Å²) >= 11 is 0. The number of anilines is 2. The Morgan fingerprint density at radius 1 is 1.26 bits per heavy atom. The van der Waals surface area contributed by atoms with Crippen LogP contribution >= 0.6 is 0 Å². The molecule has 11 heteroatoms. The number of hydrogen-bond donors (Lipinski definition) is 2. The van der Waals surface area contributed by atoms with Crippen LogP contribution in [-0.4, -0.2) is 62.7 Å². The van der Waals surface area contributed by atoms with E-state index in [9.17, 15) is 8.42 Å². The summed E-state index contributed by atoms with van der Waals surface area (Å²) in [4.78, 5) is 11.1. The van der Waals surface area contributed by atoms with Gasteiger partial charge >= 0.3 is 0 Å². The summed E-state index contributed by atoms with van der Waals surface area (Å²) in [6.07, 6.45) is 1.72. The highest BCUT2D eigenvalue weighted by atomic mass is 32.2. The number of nitrogens with zero attached hydrogens (tertiary/aromatic N) is 4. The maximum Gasteiger partial charge on any atom is 0.259 e. The van der Waals surface area contributed by atoms with Gasteiger partial charge in [0.1, 0.15) is 24.0 Å². The van der Waals surface area contributed by atoms with E-state index in [-0.39, 0.29) is 11.6 Å².